The van der Waals surface area contributed by atoms with Gasteiger partial charge in [0.2, 0.25) is 5.91 Å². The number of nitrogens with zero attached hydrogens (tertiary/aromatic N) is 2. The highest BCUT2D eigenvalue weighted by molar-refractivity contribution is 7.11. The molecular formula is C14H20N2O3S. The van der Waals surface area contributed by atoms with Gasteiger partial charge in [0.05, 0.1) is 5.69 Å². The molecule has 0 aromatic carbocycles. The van der Waals surface area contributed by atoms with E-state index in [9.17, 15) is 14.7 Å². The van der Waals surface area contributed by atoms with Crippen LogP contribution in [-0.2, 0) is 4.79 Å². The van der Waals surface area contributed by atoms with E-state index in [2.05, 4.69) is 4.37 Å². The summed E-state index contributed by atoms with van der Waals surface area (Å²) in [6.07, 6.45) is 6.35. The van der Waals surface area contributed by atoms with Crippen LogP contribution in [0.5, 0.6) is 0 Å². The van der Waals surface area contributed by atoms with E-state index in [1.807, 2.05) is 0 Å². The summed E-state index contributed by atoms with van der Waals surface area (Å²) in [6, 6.07) is 0. The first-order chi connectivity index (χ1) is 9.52. The molecule has 0 saturated heterocycles. The van der Waals surface area contributed by atoms with Crippen molar-refractivity contribution in [2.45, 2.75) is 45.4 Å². The zero-order valence-corrected chi connectivity index (χ0v) is 12.7. The molecule has 20 heavy (non-hydrogen) atoms. The summed E-state index contributed by atoms with van der Waals surface area (Å²) < 4.78 is 4.07. The molecular weight excluding hydrogens is 276 g/mol. The van der Waals surface area contributed by atoms with Gasteiger partial charge in [-0.15, -0.1) is 0 Å². The highest BCUT2D eigenvalue weighted by atomic mass is 32.1. The molecule has 110 valence electrons. The topological polar surface area (TPSA) is 70.5 Å². The molecule has 1 fully saturated rings. The van der Waals surface area contributed by atoms with Gasteiger partial charge in [-0.3, -0.25) is 4.79 Å². The lowest BCUT2D eigenvalue weighted by atomic mass is 9.99. The minimum atomic E-state index is -1.02. The number of rotatable bonds is 3. The number of carboxylic acid groups (broad SMARTS) is 1. The third-order valence-electron chi connectivity index (χ3n) is 3.90. The number of aryl methyl sites for hydroxylation is 1. The van der Waals surface area contributed by atoms with Gasteiger partial charge in [0.15, 0.2) is 0 Å². The highest BCUT2D eigenvalue weighted by Gasteiger charge is 2.28. The van der Waals surface area contributed by atoms with E-state index < -0.39 is 5.97 Å². The lowest BCUT2D eigenvalue weighted by molar-refractivity contribution is -0.122. The van der Waals surface area contributed by atoms with Crippen molar-refractivity contribution in [1.82, 2.24) is 4.37 Å². The van der Waals surface area contributed by atoms with Crippen molar-refractivity contribution >= 4 is 28.4 Å². The van der Waals surface area contributed by atoms with E-state index in [0.717, 1.165) is 37.2 Å². The van der Waals surface area contributed by atoms with Crippen molar-refractivity contribution in [1.29, 1.82) is 0 Å². The third kappa shape index (κ3) is 3.00. The minimum absolute atomic E-state index is 0.0200. The van der Waals surface area contributed by atoms with Crippen LogP contribution in [0.3, 0.4) is 0 Å². The van der Waals surface area contributed by atoms with E-state index in [1.54, 1.807) is 14.0 Å². The zero-order chi connectivity index (χ0) is 14.7. The molecule has 1 aliphatic rings. The maximum atomic E-state index is 12.5. The Hall–Kier alpha value is -1.43. The summed E-state index contributed by atoms with van der Waals surface area (Å²) >= 11 is 1.08. The SMILES string of the molecule is Cc1nsc(N(C)C(=O)C2CCCCCC2)c1C(=O)O. The molecule has 0 unspecified atom stereocenters. The molecule has 0 atom stereocenters. The number of aromatic nitrogens is 1. The van der Waals surface area contributed by atoms with Crippen LogP contribution in [0.4, 0.5) is 5.00 Å². The van der Waals surface area contributed by atoms with Crippen molar-refractivity contribution < 1.29 is 14.7 Å². The Morgan fingerprint density at radius 2 is 1.85 bits per heavy atom. The maximum absolute atomic E-state index is 12.5. The molecule has 1 N–H and O–H groups in total. The van der Waals surface area contributed by atoms with Crippen LogP contribution in [0.15, 0.2) is 0 Å². The quantitative estimate of drug-likeness (QED) is 0.870. The number of carbonyl (C=O) groups is 2. The van der Waals surface area contributed by atoms with Gasteiger partial charge in [0.1, 0.15) is 10.6 Å². The van der Waals surface area contributed by atoms with Crippen molar-refractivity contribution in [2.75, 3.05) is 11.9 Å². The lowest BCUT2D eigenvalue weighted by Crippen LogP contribution is -2.33. The van der Waals surface area contributed by atoms with Gasteiger partial charge < -0.3 is 10.0 Å². The summed E-state index contributed by atoms with van der Waals surface area (Å²) in [5.74, 6) is -0.976. The number of carbonyl (C=O) groups excluding carboxylic acids is 1. The fourth-order valence-electron chi connectivity index (χ4n) is 2.73. The monoisotopic (exact) mass is 296 g/mol. The van der Waals surface area contributed by atoms with Crippen molar-refractivity contribution in [3.63, 3.8) is 0 Å². The smallest absolute Gasteiger partial charge is 0.340 e. The Labute approximate surface area is 122 Å². The number of hydrogen-bond donors (Lipinski definition) is 1. The van der Waals surface area contributed by atoms with Crippen LogP contribution in [-0.4, -0.2) is 28.4 Å². The molecule has 0 spiro atoms. The Morgan fingerprint density at radius 3 is 2.40 bits per heavy atom. The second-order valence-corrected chi connectivity index (χ2v) is 6.09. The summed E-state index contributed by atoms with van der Waals surface area (Å²) in [5, 5.41) is 9.70. The fraction of sp³-hybridized carbons (Fsp3) is 0.643. The predicted octanol–water partition coefficient (Wildman–Crippen LogP) is 3.08. The largest absolute Gasteiger partial charge is 0.478 e. The van der Waals surface area contributed by atoms with Crippen molar-refractivity contribution in [3.05, 3.63) is 11.3 Å². The normalized spacial score (nSPS) is 16.7. The summed E-state index contributed by atoms with van der Waals surface area (Å²) in [4.78, 5) is 25.3. The number of amides is 1. The Kier molecular flexibility index (Phi) is 4.75. The maximum Gasteiger partial charge on any atom is 0.340 e. The molecule has 1 aliphatic carbocycles. The van der Waals surface area contributed by atoms with Crippen LogP contribution in [0.2, 0.25) is 0 Å². The van der Waals surface area contributed by atoms with Crippen molar-refractivity contribution in [3.8, 4) is 0 Å². The van der Waals surface area contributed by atoms with E-state index in [-0.39, 0.29) is 17.4 Å². The summed E-state index contributed by atoms with van der Waals surface area (Å²) in [5.41, 5.74) is 0.623. The first kappa shape index (κ1) is 15.0. The fourth-order valence-corrected chi connectivity index (χ4v) is 3.59. The van der Waals surface area contributed by atoms with E-state index >= 15 is 0 Å². The second-order valence-electron chi connectivity index (χ2n) is 5.34. The van der Waals surface area contributed by atoms with Crippen LogP contribution >= 0.6 is 11.5 Å². The number of hydrogen-bond acceptors (Lipinski definition) is 4. The van der Waals surface area contributed by atoms with Crippen molar-refractivity contribution in [2.24, 2.45) is 5.92 Å². The summed E-state index contributed by atoms with van der Waals surface area (Å²) in [6.45, 7) is 1.66. The third-order valence-corrected chi connectivity index (χ3v) is 4.91. The molecule has 5 nitrogen and oxygen atoms in total. The van der Waals surface area contributed by atoms with Gasteiger partial charge in [-0.2, -0.15) is 4.37 Å². The Morgan fingerprint density at radius 1 is 1.25 bits per heavy atom. The molecule has 1 saturated carbocycles. The highest BCUT2D eigenvalue weighted by Crippen LogP contribution is 2.31. The van der Waals surface area contributed by atoms with E-state index in [1.165, 1.54) is 17.7 Å². The molecule has 1 aromatic heterocycles. The molecule has 6 heteroatoms. The average Bonchev–Trinajstić information content (AvgIpc) is 2.64. The van der Waals surface area contributed by atoms with Gasteiger partial charge >= 0.3 is 5.97 Å². The van der Waals surface area contributed by atoms with Crippen LogP contribution in [0.25, 0.3) is 0 Å². The van der Waals surface area contributed by atoms with E-state index in [0.29, 0.717) is 10.7 Å². The van der Waals surface area contributed by atoms with Gasteiger partial charge in [-0.25, -0.2) is 4.79 Å². The van der Waals surface area contributed by atoms with Crippen LogP contribution < -0.4 is 4.90 Å². The number of carboxylic acids is 1. The van der Waals surface area contributed by atoms with E-state index in [4.69, 9.17) is 0 Å². The van der Waals surface area contributed by atoms with Gasteiger partial charge in [-0.05, 0) is 31.3 Å². The molecule has 1 amide bonds. The first-order valence-corrected chi connectivity index (χ1v) is 7.77. The lowest BCUT2D eigenvalue weighted by Gasteiger charge is -2.21. The van der Waals surface area contributed by atoms with Gasteiger partial charge in [0.25, 0.3) is 0 Å². The standard InChI is InChI=1S/C14H20N2O3S/c1-9-11(14(18)19)13(20-15-9)16(2)12(17)10-7-5-3-4-6-8-10/h10H,3-8H2,1-2H3,(H,18,19). The molecule has 0 aliphatic heterocycles. The van der Waals surface area contributed by atoms with Gasteiger partial charge in [0, 0.05) is 13.0 Å². The first-order valence-electron chi connectivity index (χ1n) is 6.99. The molecule has 1 heterocycles. The molecule has 0 bridgehead atoms. The van der Waals surface area contributed by atoms with Gasteiger partial charge in [-0.1, -0.05) is 25.7 Å². The Balaban J connectivity index is 2.20. The molecule has 0 radical (unpaired) electrons. The number of aromatic carboxylic acids is 1. The number of anilines is 1. The molecule has 1 aromatic rings. The molecule has 2 rings (SSSR count). The predicted molar refractivity (Wildman–Crippen MR) is 78.4 cm³/mol. The van der Waals surface area contributed by atoms with Crippen LogP contribution in [0.1, 0.15) is 54.6 Å². The summed E-state index contributed by atoms with van der Waals surface area (Å²) in [7, 11) is 1.66. The second kappa shape index (κ2) is 6.35. The Bertz CT molecular complexity index is 505. The van der Waals surface area contributed by atoms with Crippen LogP contribution in [0, 0.1) is 12.8 Å². The minimum Gasteiger partial charge on any atom is -0.478 e. The average molecular weight is 296 g/mol. The zero-order valence-electron chi connectivity index (χ0n) is 11.9.